The fourth-order valence-corrected chi connectivity index (χ4v) is 0.984. The van der Waals surface area contributed by atoms with Crippen molar-refractivity contribution in [1.29, 1.82) is 0 Å². The van der Waals surface area contributed by atoms with Crippen molar-refractivity contribution >= 4 is 12.1 Å². The average molecular weight is 239 g/mol. The van der Waals surface area contributed by atoms with Crippen molar-refractivity contribution in [3.63, 3.8) is 0 Å². The van der Waals surface area contributed by atoms with Crippen LogP contribution in [-0.4, -0.2) is 40.1 Å². The molecule has 6 N–H and O–H groups in total. The summed E-state index contributed by atoms with van der Waals surface area (Å²) in [6.45, 7) is -0.487. The minimum absolute atomic E-state index is 0.239. The van der Waals surface area contributed by atoms with Gasteiger partial charge in [0.1, 0.15) is 6.04 Å². The summed E-state index contributed by atoms with van der Waals surface area (Å²) in [5.74, 6) is -1.27. The van der Waals surface area contributed by atoms with Crippen LogP contribution in [0.3, 0.4) is 0 Å². The third-order valence-electron chi connectivity index (χ3n) is 1.96. The second-order valence-corrected chi connectivity index (χ2v) is 3.24. The predicted octanol–water partition coefficient (Wildman–Crippen LogP) is -1.13. The predicted molar refractivity (Wildman–Crippen MR) is 60.6 cm³/mol. The minimum atomic E-state index is -1.05. The summed E-state index contributed by atoms with van der Waals surface area (Å²) in [5.41, 5.74) is 7.54. The zero-order valence-electron chi connectivity index (χ0n) is 8.87. The third kappa shape index (κ3) is 3.44. The second-order valence-electron chi connectivity index (χ2n) is 3.24. The molecule has 0 aliphatic heterocycles. The van der Waals surface area contributed by atoms with Crippen LogP contribution in [0.4, 0.5) is 0 Å². The highest BCUT2D eigenvalue weighted by Gasteiger charge is 2.10. The van der Waals surface area contributed by atoms with Crippen molar-refractivity contribution in [2.75, 3.05) is 6.61 Å². The van der Waals surface area contributed by atoms with Gasteiger partial charge in [-0.2, -0.15) is 5.10 Å². The molecule has 0 spiro atoms. The van der Waals surface area contributed by atoms with Gasteiger partial charge in [0.25, 0.3) is 5.91 Å². The fourth-order valence-electron chi connectivity index (χ4n) is 0.984. The van der Waals surface area contributed by atoms with E-state index >= 15 is 0 Å². The number of aliphatic hydroxyl groups is 1. The smallest absolute Gasteiger partial charge is 0.259 e. The number of benzene rings is 1. The molecule has 0 saturated carbocycles. The van der Waals surface area contributed by atoms with Crippen molar-refractivity contribution in [2.24, 2.45) is 10.8 Å². The fraction of sp³-hybridized carbons (Fsp3) is 0.200. The van der Waals surface area contributed by atoms with E-state index in [1.165, 1.54) is 18.2 Å². The number of aliphatic hydroxyl groups excluding tert-OH is 1. The maximum Gasteiger partial charge on any atom is 0.259 e. The molecule has 0 aromatic heterocycles. The minimum Gasteiger partial charge on any atom is -0.504 e. The van der Waals surface area contributed by atoms with Crippen molar-refractivity contribution < 1.29 is 20.1 Å². The Kier molecular flexibility index (Phi) is 4.44. The Morgan fingerprint density at radius 2 is 2.24 bits per heavy atom. The summed E-state index contributed by atoms with van der Waals surface area (Å²) in [4.78, 5) is 11.1. The lowest BCUT2D eigenvalue weighted by atomic mass is 10.2. The number of hydrogen-bond donors (Lipinski definition) is 5. The number of hydrogen-bond acceptors (Lipinski definition) is 6. The van der Waals surface area contributed by atoms with Crippen molar-refractivity contribution in [2.45, 2.75) is 6.04 Å². The first-order valence-corrected chi connectivity index (χ1v) is 4.76. The summed E-state index contributed by atoms with van der Waals surface area (Å²) in [6.07, 6.45) is 1.15. The van der Waals surface area contributed by atoms with Crippen LogP contribution in [0.1, 0.15) is 5.56 Å². The monoisotopic (exact) mass is 239 g/mol. The molecule has 0 unspecified atom stereocenters. The van der Waals surface area contributed by atoms with Crippen molar-refractivity contribution in [3.8, 4) is 11.5 Å². The van der Waals surface area contributed by atoms with Gasteiger partial charge in [0.05, 0.1) is 12.8 Å². The first-order chi connectivity index (χ1) is 8.06. The van der Waals surface area contributed by atoms with E-state index in [1.54, 1.807) is 0 Å². The molecule has 1 rings (SSSR count). The van der Waals surface area contributed by atoms with Gasteiger partial charge in [0.2, 0.25) is 0 Å². The van der Waals surface area contributed by atoms with E-state index in [4.69, 9.17) is 10.8 Å². The molecule has 1 amide bonds. The zero-order valence-corrected chi connectivity index (χ0v) is 8.87. The number of aromatic hydroxyl groups is 2. The molecule has 0 aliphatic carbocycles. The number of nitrogens with one attached hydrogen (secondary N) is 1. The third-order valence-corrected chi connectivity index (χ3v) is 1.96. The molecular weight excluding hydrogens is 226 g/mol. The Morgan fingerprint density at radius 1 is 1.53 bits per heavy atom. The van der Waals surface area contributed by atoms with Crippen LogP contribution < -0.4 is 11.2 Å². The molecule has 0 fully saturated rings. The summed E-state index contributed by atoms with van der Waals surface area (Å²) in [6, 6.07) is 3.27. The maximum atomic E-state index is 11.1. The van der Waals surface area contributed by atoms with Crippen LogP contribution in [0.2, 0.25) is 0 Å². The molecule has 0 heterocycles. The lowest BCUT2D eigenvalue weighted by Crippen LogP contribution is -2.40. The van der Waals surface area contributed by atoms with Crippen LogP contribution >= 0.6 is 0 Å². The molecule has 17 heavy (non-hydrogen) atoms. The summed E-state index contributed by atoms with van der Waals surface area (Å²) in [5, 5.41) is 30.7. The number of rotatable bonds is 4. The molecular formula is C10H13N3O4. The Hall–Kier alpha value is -2.12. The lowest BCUT2D eigenvalue weighted by Gasteiger charge is -2.05. The molecule has 1 atom stereocenters. The topological polar surface area (TPSA) is 128 Å². The normalized spacial score (nSPS) is 12.6. The molecule has 0 aliphatic rings. The van der Waals surface area contributed by atoms with Crippen LogP contribution in [-0.2, 0) is 4.79 Å². The van der Waals surface area contributed by atoms with Gasteiger partial charge in [-0.25, -0.2) is 5.43 Å². The number of carbonyl (C=O) groups is 1. The molecule has 7 nitrogen and oxygen atoms in total. The van der Waals surface area contributed by atoms with Gasteiger partial charge in [0, 0.05) is 5.56 Å². The zero-order chi connectivity index (χ0) is 12.8. The number of amides is 1. The maximum absolute atomic E-state index is 11.1. The van der Waals surface area contributed by atoms with Gasteiger partial charge in [-0.05, 0) is 12.1 Å². The molecule has 0 bridgehead atoms. The highest BCUT2D eigenvalue weighted by atomic mass is 16.3. The number of phenolic OH excluding ortho intramolecular Hbond substituents is 2. The largest absolute Gasteiger partial charge is 0.504 e. The van der Waals surface area contributed by atoms with E-state index in [0.717, 1.165) is 6.21 Å². The second kappa shape index (κ2) is 5.83. The Bertz CT molecular complexity index is 434. The molecule has 0 saturated heterocycles. The van der Waals surface area contributed by atoms with Gasteiger partial charge in [0.15, 0.2) is 11.5 Å². The van der Waals surface area contributed by atoms with E-state index < -0.39 is 18.6 Å². The standard InChI is InChI=1S/C10H13N3O4/c11-7(5-14)10(17)13-12-4-6-2-1-3-8(15)9(6)16/h1-4,7,14-16H,5,11H2,(H,13,17)/t7-/m0/s1. The van der Waals surface area contributed by atoms with Gasteiger partial charge in [-0.3, -0.25) is 4.79 Å². The molecule has 1 aromatic rings. The lowest BCUT2D eigenvalue weighted by molar-refractivity contribution is -0.123. The number of phenols is 2. The molecule has 92 valence electrons. The highest BCUT2D eigenvalue weighted by molar-refractivity contribution is 5.87. The van der Waals surface area contributed by atoms with Crippen LogP contribution in [0.25, 0.3) is 0 Å². The van der Waals surface area contributed by atoms with Gasteiger partial charge in [-0.1, -0.05) is 6.07 Å². The number of hydrazone groups is 1. The summed E-state index contributed by atoms with van der Waals surface area (Å²) >= 11 is 0. The Balaban J connectivity index is 2.66. The quantitative estimate of drug-likeness (QED) is 0.258. The number of nitrogens with two attached hydrogens (primary N) is 1. The number of para-hydroxylation sites is 1. The van der Waals surface area contributed by atoms with Gasteiger partial charge < -0.3 is 21.1 Å². The number of nitrogens with zero attached hydrogens (tertiary/aromatic N) is 1. The molecule has 0 radical (unpaired) electrons. The van der Waals surface area contributed by atoms with Crippen LogP contribution in [0.5, 0.6) is 11.5 Å². The summed E-state index contributed by atoms with van der Waals surface area (Å²) < 4.78 is 0. The van der Waals surface area contributed by atoms with Crippen LogP contribution in [0.15, 0.2) is 23.3 Å². The summed E-state index contributed by atoms with van der Waals surface area (Å²) in [7, 11) is 0. The van der Waals surface area contributed by atoms with Gasteiger partial charge in [-0.15, -0.1) is 0 Å². The van der Waals surface area contributed by atoms with Gasteiger partial charge >= 0.3 is 0 Å². The van der Waals surface area contributed by atoms with E-state index in [9.17, 15) is 15.0 Å². The highest BCUT2D eigenvalue weighted by Crippen LogP contribution is 2.26. The first-order valence-electron chi connectivity index (χ1n) is 4.76. The Morgan fingerprint density at radius 3 is 2.88 bits per heavy atom. The first kappa shape index (κ1) is 12.9. The molecule has 1 aromatic carbocycles. The van der Waals surface area contributed by atoms with E-state index in [-0.39, 0.29) is 17.1 Å². The average Bonchev–Trinajstić information content (AvgIpc) is 2.33. The molecule has 7 heteroatoms. The van der Waals surface area contributed by atoms with E-state index in [0.29, 0.717) is 0 Å². The van der Waals surface area contributed by atoms with Crippen molar-refractivity contribution in [3.05, 3.63) is 23.8 Å². The van der Waals surface area contributed by atoms with E-state index in [2.05, 4.69) is 10.5 Å². The Labute approximate surface area is 97.2 Å². The SMILES string of the molecule is N[C@@H](CO)C(=O)NN=Cc1cccc(O)c1O. The van der Waals surface area contributed by atoms with E-state index in [1.807, 2.05) is 0 Å². The van der Waals surface area contributed by atoms with Crippen molar-refractivity contribution in [1.82, 2.24) is 5.43 Å². The van der Waals surface area contributed by atoms with Crippen LogP contribution in [0, 0.1) is 0 Å². The number of carbonyl (C=O) groups excluding carboxylic acids is 1.